The average Bonchev–Trinajstić information content (AvgIpc) is 3.39. The van der Waals surface area contributed by atoms with Crippen LogP contribution in [0.3, 0.4) is 0 Å². The van der Waals surface area contributed by atoms with E-state index in [9.17, 15) is 0 Å². The third kappa shape index (κ3) is 29.1. The molecule has 0 N–H and O–H groups in total. The van der Waals surface area contributed by atoms with Crippen molar-refractivity contribution in [3.8, 4) is 6.07 Å². The van der Waals surface area contributed by atoms with E-state index in [1.807, 2.05) is 0 Å². The molecule has 0 aromatic carbocycles. The van der Waals surface area contributed by atoms with E-state index in [2.05, 4.69) is 24.9 Å². The number of hydrogen-bond acceptors (Lipinski definition) is 3. The largest absolute Gasteiger partial charge is 0.479 e. The zero-order valence-corrected chi connectivity index (χ0v) is 24.1. The third-order valence-corrected chi connectivity index (χ3v) is 7.03. The van der Waals surface area contributed by atoms with Crippen LogP contribution in [0.1, 0.15) is 181 Å². The minimum Gasteiger partial charge on any atom is -0.479 e. The highest BCUT2D eigenvalue weighted by Crippen LogP contribution is 2.14. The first-order valence-electron chi connectivity index (χ1n) is 15.9. The summed E-state index contributed by atoms with van der Waals surface area (Å²) in [5.41, 5.74) is 0. The van der Waals surface area contributed by atoms with Gasteiger partial charge in [-0.15, -0.1) is 0 Å². The SMILES string of the molecule is CCCCCCCCCCCC#N.CCCCCCCCCCCCCCCCCC1=NCCO1. The minimum atomic E-state index is 0.746. The van der Waals surface area contributed by atoms with Crippen molar-refractivity contribution in [2.75, 3.05) is 13.2 Å². The number of nitrogens with zero attached hydrogens (tertiary/aromatic N) is 2. The van der Waals surface area contributed by atoms with E-state index in [1.165, 1.54) is 148 Å². The molecule has 0 aliphatic carbocycles. The number of aliphatic imine (C=N–C) groups is 1. The van der Waals surface area contributed by atoms with Gasteiger partial charge in [0.15, 0.2) is 5.90 Å². The second-order valence-electron chi connectivity index (χ2n) is 10.6. The van der Waals surface area contributed by atoms with Crippen molar-refractivity contribution in [1.29, 1.82) is 5.26 Å². The lowest BCUT2D eigenvalue weighted by Crippen LogP contribution is -1.98. The van der Waals surface area contributed by atoms with Gasteiger partial charge < -0.3 is 4.74 Å². The Bertz CT molecular complexity index is 469. The zero-order chi connectivity index (χ0) is 25.5. The van der Waals surface area contributed by atoms with Crippen molar-refractivity contribution in [3.63, 3.8) is 0 Å². The Morgan fingerprint density at radius 3 is 1.29 bits per heavy atom. The van der Waals surface area contributed by atoms with Gasteiger partial charge in [0.25, 0.3) is 0 Å². The molecule has 206 valence electrons. The predicted molar refractivity (Wildman–Crippen MR) is 155 cm³/mol. The fourth-order valence-electron chi connectivity index (χ4n) is 4.69. The molecule has 0 aromatic rings. The van der Waals surface area contributed by atoms with Crippen LogP contribution in [0.4, 0.5) is 0 Å². The highest BCUT2D eigenvalue weighted by molar-refractivity contribution is 5.77. The number of unbranched alkanes of at least 4 members (excludes halogenated alkanes) is 23. The molecule has 1 rings (SSSR count). The van der Waals surface area contributed by atoms with Crippen molar-refractivity contribution >= 4 is 5.90 Å². The van der Waals surface area contributed by atoms with Crippen LogP contribution >= 0.6 is 0 Å². The van der Waals surface area contributed by atoms with Gasteiger partial charge in [-0.1, -0.05) is 155 Å². The van der Waals surface area contributed by atoms with Crippen LogP contribution in [0.2, 0.25) is 0 Å². The Morgan fingerprint density at radius 1 is 0.571 bits per heavy atom. The Morgan fingerprint density at radius 2 is 0.943 bits per heavy atom. The summed E-state index contributed by atoms with van der Waals surface area (Å²) in [5, 5.41) is 8.32. The molecule has 0 atom stereocenters. The van der Waals surface area contributed by atoms with E-state index in [0.717, 1.165) is 38.3 Å². The van der Waals surface area contributed by atoms with Crippen molar-refractivity contribution < 1.29 is 4.74 Å². The van der Waals surface area contributed by atoms with Gasteiger partial charge in [-0.25, -0.2) is 0 Å². The normalized spacial score (nSPS) is 12.5. The molecule has 0 spiro atoms. The number of hydrogen-bond donors (Lipinski definition) is 0. The van der Waals surface area contributed by atoms with E-state index in [4.69, 9.17) is 10.00 Å². The molecule has 0 amide bonds. The van der Waals surface area contributed by atoms with Gasteiger partial charge in [0.1, 0.15) is 6.61 Å². The van der Waals surface area contributed by atoms with Gasteiger partial charge in [0.05, 0.1) is 12.6 Å². The number of rotatable bonds is 25. The lowest BCUT2D eigenvalue weighted by Gasteiger charge is -2.04. The lowest BCUT2D eigenvalue weighted by molar-refractivity contribution is 0.336. The summed E-state index contributed by atoms with van der Waals surface area (Å²) in [6.07, 6.45) is 35.2. The Kier molecular flexibility index (Phi) is 30.1. The summed E-state index contributed by atoms with van der Waals surface area (Å²) in [6.45, 7) is 6.24. The maximum Gasteiger partial charge on any atom is 0.183 e. The maximum absolute atomic E-state index is 8.32. The molecular formula is C32H62N2O. The minimum absolute atomic E-state index is 0.746. The first kappa shape index (κ1) is 34.0. The fourth-order valence-corrected chi connectivity index (χ4v) is 4.69. The predicted octanol–water partition coefficient (Wildman–Crippen LogP) is 11.1. The smallest absolute Gasteiger partial charge is 0.183 e. The van der Waals surface area contributed by atoms with Crippen molar-refractivity contribution in [3.05, 3.63) is 0 Å². The Hall–Kier alpha value is -1.04. The fraction of sp³-hybridized carbons (Fsp3) is 0.938. The first-order chi connectivity index (χ1) is 17.3. The van der Waals surface area contributed by atoms with Crippen LogP contribution < -0.4 is 0 Å². The molecule has 1 aliphatic rings. The van der Waals surface area contributed by atoms with E-state index in [-0.39, 0.29) is 0 Å². The number of nitriles is 1. The quantitative estimate of drug-likeness (QED) is 0.119. The average molecular weight is 491 g/mol. The van der Waals surface area contributed by atoms with Crippen molar-refractivity contribution in [2.45, 2.75) is 181 Å². The molecule has 3 heteroatoms. The Labute approximate surface area is 220 Å². The van der Waals surface area contributed by atoms with Gasteiger partial charge in [-0.3, -0.25) is 4.99 Å². The lowest BCUT2D eigenvalue weighted by atomic mass is 10.0. The van der Waals surface area contributed by atoms with Gasteiger partial charge >= 0.3 is 0 Å². The molecule has 0 aromatic heterocycles. The molecule has 0 radical (unpaired) electrons. The maximum atomic E-state index is 8.32. The van der Waals surface area contributed by atoms with Crippen molar-refractivity contribution in [2.24, 2.45) is 4.99 Å². The molecule has 0 saturated carbocycles. The van der Waals surface area contributed by atoms with E-state index >= 15 is 0 Å². The van der Waals surface area contributed by atoms with Gasteiger partial charge in [-0.05, 0) is 12.8 Å². The van der Waals surface area contributed by atoms with Gasteiger partial charge in [0, 0.05) is 12.8 Å². The molecule has 0 fully saturated rings. The van der Waals surface area contributed by atoms with Gasteiger partial charge in [-0.2, -0.15) is 5.26 Å². The standard InChI is InChI=1S/C20H39NO.C12H23N/c1-2-3-4-5-6-7-8-9-10-11-12-13-14-15-16-17-20-21-18-19-22-20;1-2-3-4-5-6-7-8-9-10-11-12-13/h2-19H2,1H3;2-11H2,1H3. The van der Waals surface area contributed by atoms with Crippen LogP contribution in [0.15, 0.2) is 4.99 Å². The summed E-state index contributed by atoms with van der Waals surface area (Å²) < 4.78 is 5.42. The van der Waals surface area contributed by atoms with Crippen LogP contribution in [0.5, 0.6) is 0 Å². The highest BCUT2D eigenvalue weighted by atomic mass is 16.5. The molecule has 0 saturated heterocycles. The van der Waals surface area contributed by atoms with Gasteiger partial charge in [0.2, 0.25) is 0 Å². The second-order valence-corrected chi connectivity index (χ2v) is 10.6. The molecule has 3 nitrogen and oxygen atoms in total. The summed E-state index contributed by atoms with van der Waals surface area (Å²) in [7, 11) is 0. The molecule has 1 heterocycles. The van der Waals surface area contributed by atoms with E-state index in [1.54, 1.807) is 0 Å². The topological polar surface area (TPSA) is 45.4 Å². The summed E-state index contributed by atoms with van der Waals surface area (Å²) in [4.78, 5) is 4.33. The highest BCUT2D eigenvalue weighted by Gasteiger charge is 2.05. The van der Waals surface area contributed by atoms with Crippen LogP contribution in [-0.4, -0.2) is 19.0 Å². The third-order valence-electron chi connectivity index (χ3n) is 7.03. The van der Waals surface area contributed by atoms with E-state index < -0.39 is 0 Å². The monoisotopic (exact) mass is 490 g/mol. The first-order valence-corrected chi connectivity index (χ1v) is 15.9. The molecular weight excluding hydrogens is 428 g/mol. The van der Waals surface area contributed by atoms with Crippen molar-refractivity contribution in [1.82, 2.24) is 0 Å². The van der Waals surface area contributed by atoms with Crippen LogP contribution in [-0.2, 0) is 4.74 Å². The molecule has 1 aliphatic heterocycles. The molecule has 35 heavy (non-hydrogen) atoms. The second kappa shape index (κ2) is 31.0. The summed E-state index contributed by atoms with van der Waals surface area (Å²) in [5.74, 6) is 1.01. The molecule has 0 bridgehead atoms. The molecule has 0 unspecified atom stereocenters. The summed E-state index contributed by atoms with van der Waals surface area (Å²) >= 11 is 0. The van der Waals surface area contributed by atoms with Crippen LogP contribution in [0, 0.1) is 11.3 Å². The zero-order valence-electron chi connectivity index (χ0n) is 24.1. The summed E-state index contributed by atoms with van der Waals surface area (Å²) in [6, 6.07) is 2.19. The Balaban J connectivity index is 0.000000761. The van der Waals surface area contributed by atoms with E-state index in [0.29, 0.717) is 0 Å². The van der Waals surface area contributed by atoms with Crippen LogP contribution in [0.25, 0.3) is 0 Å². The number of ether oxygens (including phenoxy) is 1.